The third kappa shape index (κ3) is 4.56. The molecule has 0 aliphatic carbocycles. The Bertz CT molecular complexity index is 594. The number of hydrogen-bond donors (Lipinski definition) is 1. The topological polar surface area (TPSA) is 76.1 Å². The largest absolute Gasteiger partial charge is 0.502 e. The third-order valence-corrected chi connectivity index (χ3v) is 5.07. The molecule has 1 atom stereocenters. The van der Waals surface area contributed by atoms with E-state index in [1.807, 2.05) is 4.90 Å². The van der Waals surface area contributed by atoms with E-state index in [1.165, 1.54) is 26.0 Å². The molecule has 1 amide bonds. The van der Waals surface area contributed by atoms with Crippen molar-refractivity contribution < 1.29 is 24.2 Å². The second-order valence-electron chi connectivity index (χ2n) is 5.81. The molecule has 1 heterocycles. The van der Waals surface area contributed by atoms with E-state index in [-0.39, 0.29) is 22.7 Å². The predicted octanol–water partition coefficient (Wildman–Crippen LogP) is 2.08. The molecule has 2 rings (SSSR count). The lowest BCUT2D eigenvalue weighted by atomic mass is 10.1. The maximum atomic E-state index is 12.1. The zero-order chi connectivity index (χ0) is 17.7. The van der Waals surface area contributed by atoms with Gasteiger partial charge in [0.05, 0.1) is 14.2 Å². The second kappa shape index (κ2) is 8.28. The minimum atomic E-state index is -0.0256. The van der Waals surface area contributed by atoms with Crippen molar-refractivity contribution in [1.29, 1.82) is 0 Å². The van der Waals surface area contributed by atoms with E-state index < -0.39 is 0 Å². The molecule has 24 heavy (non-hydrogen) atoms. The van der Waals surface area contributed by atoms with Gasteiger partial charge in [0.1, 0.15) is 0 Å². The summed E-state index contributed by atoms with van der Waals surface area (Å²) in [7, 11) is 2.97. The highest BCUT2D eigenvalue weighted by Gasteiger charge is 2.29. The van der Waals surface area contributed by atoms with Crippen LogP contribution in [0.5, 0.6) is 17.2 Å². The van der Waals surface area contributed by atoms with Gasteiger partial charge in [-0.15, -0.1) is 0 Å². The first kappa shape index (κ1) is 18.4. The van der Waals surface area contributed by atoms with Crippen LogP contribution in [-0.4, -0.2) is 54.1 Å². The molecule has 1 N–H and O–H groups in total. The lowest BCUT2D eigenvalue weighted by Gasteiger charge is -2.17. The van der Waals surface area contributed by atoms with Crippen LogP contribution in [0, 0.1) is 5.92 Å². The van der Waals surface area contributed by atoms with Gasteiger partial charge in [0.2, 0.25) is 11.7 Å². The number of ether oxygens (including phenoxy) is 2. The van der Waals surface area contributed by atoms with Gasteiger partial charge in [-0.3, -0.25) is 9.59 Å². The number of carbonyl (C=O) groups is 2. The monoisotopic (exact) mass is 353 g/mol. The highest BCUT2D eigenvalue weighted by atomic mass is 32.2. The molecule has 0 saturated carbocycles. The van der Waals surface area contributed by atoms with Crippen molar-refractivity contribution in [1.82, 2.24) is 4.90 Å². The molecule has 1 fully saturated rings. The summed E-state index contributed by atoms with van der Waals surface area (Å²) in [5.74, 6) is 1.73. The van der Waals surface area contributed by atoms with Crippen LogP contribution < -0.4 is 9.47 Å². The van der Waals surface area contributed by atoms with Crippen molar-refractivity contribution in [3.05, 3.63) is 17.7 Å². The van der Waals surface area contributed by atoms with Crippen LogP contribution >= 0.6 is 11.8 Å². The molecule has 1 aromatic carbocycles. The fourth-order valence-electron chi connectivity index (χ4n) is 2.77. The van der Waals surface area contributed by atoms with E-state index in [4.69, 9.17) is 9.47 Å². The molecule has 0 bridgehead atoms. The Labute approximate surface area is 146 Å². The molecular weight excluding hydrogens is 330 g/mol. The number of aromatic hydroxyl groups is 1. The number of hydrogen-bond acceptors (Lipinski definition) is 6. The Kier molecular flexibility index (Phi) is 6.36. The minimum absolute atomic E-state index is 0.0256. The van der Waals surface area contributed by atoms with Gasteiger partial charge >= 0.3 is 0 Å². The number of likely N-dealkylation sites (tertiary alicyclic amines) is 1. The molecule has 1 aromatic rings. The maximum Gasteiger partial charge on any atom is 0.222 e. The Morgan fingerprint density at radius 1 is 1.33 bits per heavy atom. The number of nitrogens with zero attached hydrogens (tertiary/aromatic N) is 1. The smallest absolute Gasteiger partial charge is 0.222 e. The van der Waals surface area contributed by atoms with Crippen molar-refractivity contribution in [3.8, 4) is 17.2 Å². The highest BCUT2D eigenvalue weighted by molar-refractivity contribution is 8.13. The fraction of sp³-hybridized carbons (Fsp3) is 0.529. The lowest BCUT2D eigenvalue weighted by molar-refractivity contribution is -0.127. The SMILES string of the molecule is COc1cc(CCN2CC(CSC(C)=O)CC2=O)cc(OC)c1O. The van der Waals surface area contributed by atoms with E-state index in [0.717, 1.165) is 5.56 Å². The quantitative estimate of drug-likeness (QED) is 0.809. The molecule has 6 nitrogen and oxygen atoms in total. The number of carbonyl (C=O) groups excluding carboxylic acids is 2. The zero-order valence-corrected chi connectivity index (χ0v) is 15.0. The van der Waals surface area contributed by atoms with E-state index >= 15 is 0 Å². The number of phenolic OH excluding ortho intramolecular Hbond substituents is 1. The molecule has 7 heteroatoms. The van der Waals surface area contributed by atoms with Crippen LogP contribution in [0.2, 0.25) is 0 Å². The summed E-state index contributed by atoms with van der Waals surface area (Å²) in [6, 6.07) is 3.50. The van der Waals surface area contributed by atoms with Gasteiger partial charge in [-0.05, 0) is 30.0 Å². The van der Waals surface area contributed by atoms with Crippen molar-refractivity contribution in [2.45, 2.75) is 19.8 Å². The Morgan fingerprint density at radius 3 is 2.50 bits per heavy atom. The van der Waals surface area contributed by atoms with Crippen LogP contribution in [0.15, 0.2) is 12.1 Å². The van der Waals surface area contributed by atoms with E-state index in [9.17, 15) is 14.7 Å². The Hall–Kier alpha value is -1.89. The van der Waals surface area contributed by atoms with E-state index in [1.54, 1.807) is 19.1 Å². The Balaban J connectivity index is 1.96. The van der Waals surface area contributed by atoms with Crippen LogP contribution in [0.4, 0.5) is 0 Å². The summed E-state index contributed by atoms with van der Waals surface area (Å²) in [5.41, 5.74) is 0.927. The standard InChI is InChI=1S/C17H23NO5S/c1-11(19)24-10-13-8-16(20)18(9-13)5-4-12-6-14(22-2)17(21)15(7-12)23-3/h6-7,13,21H,4-5,8-10H2,1-3H3. The highest BCUT2D eigenvalue weighted by Crippen LogP contribution is 2.37. The number of amides is 1. The summed E-state index contributed by atoms with van der Waals surface area (Å²) in [6.45, 7) is 2.83. The van der Waals surface area contributed by atoms with Crippen molar-refractivity contribution in [3.63, 3.8) is 0 Å². The number of phenols is 1. The summed E-state index contributed by atoms with van der Waals surface area (Å²) < 4.78 is 10.3. The number of thioether (sulfide) groups is 1. The van der Waals surface area contributed by atoms with Gasteiger partial charge < -0.3 is 19.5 Å². The third-order valence-electron chi connectivity index (χ3n) is 4.03. The number of benzene rings is 1. The minimum Gasteiger partial charge on any atom is -0.502 e. The van der Waals surface area contributed by atoms with Crippen LogP contribution in [0.1, 0.15) is 18.9 Å². The average molecular weight is 353 g/mol. The Morgan fingerprint density at radius 2 is 1.96 bits per heavy atom. The normalized spacial score (nSPS) is 17.2. The molecule has 1 unspecified atom stereocenters. The molecule has 0 radical (unpaired) electrons. The fourth-order valence-corrected chi connectivity index (χ4v) is 3.47. The summed E-state index contributed by atoms with van der Waals surface area (Å²) in [4.78, 5) is 25.0. The molecule has 1 aliphatic rings. The van der Waals surface area contributed by atoms with Crippen LogP contribution in [-0.2, 0) is 16.0 Å². The van der Waals surface area contributed by atoms with E-state index in [2.05, 4.69) is 0 Å². The summed E-state index contributed by atoms with van der Waals surface area (Å²) in [6.07, 6.45) is 1.15. The van der Waals surface area contributed by atoms with Gasteiger partial charge in [-0.2, -0.15) is 0 Å². The summed E-state index contributed by atoms with van der Waals surface area (Å²) in [5, 5.41) is 10.0. The van der Waals surface area contributed by atoms with Gasteiger partial charge in [-0.25, -0.2) is 0 Å². The lowest BCUT2D eigenvalue weighted by Crippen LogP contribution is -2.27. The average Bonchev–Trinajstić information content (AvgIpc) is 2.92. The second-order valence-corrected chi connectivity index (χ2v) is 7.01. The first-order valence-electron chi connectivity index (χ1n) is 7.79. The van der Waals surface area contributed by atoms with E-state index in [0.29, 0.717) is 43.2 Å². The number of rotatable bonds is 7. The van der Waals surface area contributed by atoms with Crippen molar-refractivity contribution in [2.24, 2.45) is 5.92 Å². The van der Waals surface area contributed by atoms with Gasteiger partial charge in [0, 0.05) is 32.2 Å². The van der Waals surface area contributed by atoms with Gasteiger partial charge in [0.15, 0.2) is 16.6 Å². The summed E-state index contributed by atoms with van der Waals surface area (Å²) >= 11 is 1.28. The van der Waals surface area contributed by atoms with Crippen LogP contribution in [0.25, 0.3) is 0 Å². The maximum absolute atomic E-state index is 12.1. The first-order valence-corrected chi connectivity index (χ1v) is 8.78. The van der Waals surface area contributed by atoms with Gasteiger partial charge in [0.25, 0.3) is 0 Å². The number of methoxy groups -OCH3 is 2. The molecule has 0 spiro atoms. The molecule has 132 valence electrons. The first-order chi connectivity index (χ1) is 11.4. The molecule has 0 aromatic heterocycles. The van der Waals surface area contributed by atoms with Crippen molar-refractivity contribution >= 4 is 22.8 Å². The molecule has 1 saturated heterocycles. The van der Waals surface area contributed by atoms with Crippen molar-refractivity contribution in [2.75, 3.05) is 33.1 Å². The van der Waals surface area contributed by atoms with Gasteiger partial charge in [-0.1, -0.05) is 11.8 Å². The van der Waals surface area contributed by atoms with Crippen LogP contribution in [0.3, 0.4) is 0 Å². The predicted molar refractivity (Wildman–Crippen MR) is 92.7 cm³/mol. The zero-order valence-electron chi connectivity index (χ0n) is 14.2. The molecular formula is C17H23NO5S. The molecule has 1 aliphatic heterocycles.